The van der Waals surface area contributed by atoms with E-state index in [9.17, 15) is 14.7 Å². The number of hydrogen-bond donors (Lipinski definition) is 1. The fourth-order valence-corrected chi connectivity index (χ4v) is 6.30. The van der Waals surface area contributed by atoms with Crippen molar-refractivity contribution < 1.29 is 24.2 Å². The van der Waals surface area contributed by atoms with Crippen molar-refractivity contribution in [2.24, 2.45) is 22.7 Å². The third-order valence-electron chi connectivity index (χ3n) is 6.66. The summed E-state index contributed by atoms with van der Waals surface area (Å²) in [5.74, 6) is -0.651. The summed E-state index contributed by atoms with van der Waals surface area (Å²) in [5, 5.41) is 9.42. The van der Waals surface area contributed by atoms with Crippen LogP contribution in [0, 0.1) is 22.7 Å². The lowest BCUT2D eigenvalue weighted by Crippen LogP contribution is -2.56. The number of esters is 1. The van der Waals surface area contributed by atoms with Crippen LogP contribution in [0.2, 0.25) is 0 Å². The molecule has 106 valence electrons. The van der Waals surface area contributed by atoms with Gasteiger partial charge in [-0.2, -0.15) is 0 Å². The van der Waals surface area contributed by atoms with E-state index in [0.717, 1.165) is 18.4 Å². The van der Waals surface area contributed by atoms with Crippen molar-refractivity contribution in [3.8, 4) is 0 Å². The molecular weight excluding hydrogens is 260 g/mol. The van der Waals surface area contributed by atoms with Crippen LogP contribution in [0.25, 0.3) is 0 Å². The van der Waals surface area contributed by atoms with Gasteiger partial charge in [-0.25, -0.2) is 0 Å². The predicted octanol–water partition coefficient (Wildman–Crippen LogP) is 1.13. The number of carboxylic acids is 1. The molecule has 5 nitrogen and oxygen atoms in total. The van der Waals surface area contributed by atoms with E-state index in [-0.39, 0.29) is 42.5 Å². The molecule has 0 aromatic carbocycles. The summed E-state index contributed by atoms with van der Waals surface area (Å²) in [6.07, 6.45) is 3.28. The number of fused-ring (bicyclic) bond motifs is 5. The molecule has 0 radical (unpaired) electrons. The molecule has 4 bridgehead atoms. The Morgan fingerprint density at radius 1 is 1.50 bits per heavy atom. The second-order valence-corrected chi connectivity index (χ2v) is 7.05. The third-order valence-corrected chi connectivity index (χ3v) is 6.66. The van der Waals surface area contributed by atoms with E-state index >= 15 is 0 Å². The molecule has 1 spiro atoms. The van der Waals surface area contributed by atoms with Gasteiger partial charge in [-0.05, 0) is 31.3 Å². The van der Waals surface area contributed by atoms with E-state index in [2.05, 4.69) is 0 Å². The summed E-state index contributed by atoms with van der Waals surface area (Å²) in [4.78, 5) is 24.2. The van der Waals surface area contributed by atoms with Gasteiger partial charge in [0.2, 0.25) is 0 Å². The van der Waals surface area contributed by atoms with Crippen LogP contribution in [0.3, 0.4) is 0 Å². The molecule has 0 aromatic heterocycles. The van der Waals surface area contributed by atoms with Gasteiger partial charge >= 0.3 is 11.9 Å². The predicted molar refractivity (Wildman–Crippen MR) is 65.6 cm³/mol. The summed E-state index contributed by atoms with van der Waals surface area (Å²) in [7, 11) is 0. The molecule has 2 saturated carbocycles. The molecular formula is C15H16O5. The van der Waals surface area contributed by atoms with Gasteiger partial charge in [0.25, 0.3) is 0 Å². The van der Waals surface area contributed by atoms with E-state index in [4.69, 9.17) is 9.47 Å². The summed E-state index contributed by atoms with van der Waals surface area (Å²) in [6, 6.07) is 0. The molecule has 5 rings (SSSR count). The SMILES string of the molecule is CC1=CC2OC1C13C(=O)OC4CC(CC41)C23CC(=O)O. The van der Waals surface area contributed by atoms with E-state index < -0.39 is 16.8 Å². The molecule has 4 fully saturated rings. The third kappa shape index (κ3) is 0.816. The lowest BCUT2D eigenvalue weighted by molar-refractivity contribution is -0.155. The number of rotatable bonds is 2. The van der Waals surface area contributed by atoms with Crippen LogP contribution in [0.1, 0.15) is 26.2 Å². The van der Waals surface area contributed by atoms with Gasteiger partial charge in [0.15, 0.2) is 0 Å². The van der Waals surface area contributed by atoms with E-state index in [0.29, 0.717) is 0 Å². The Labute approximate surface area is 115 Å². The Kier molecular flexibility index (Phi) is 1.67. The van der Waals surface area contributed by atoms with Crippen molar-refractivity contribution in [1.29, 1.82) is 0 Å². The highest BCUT2D eigenvalue weighted by Crippen LogP contribution is 2.79. The van der Waals surface area contributed by atoms with Gasteiger partial charge in [0.1, 0.15) is 11.5 Å². The van der Waals surface area contributed by atoms with Crippen molar-refractivity contribution in [3.05, 3.63) is 11.6 Å². The number of hydrogen-bond acceptors (Lipinski definition) is 4. The topological polar surface area (TPSA) is 72.8 Å². The molecule has 0 aromatic rings. The second kappa shape index (κ2) is 2.96. The summed E-state index contributed by atoms with van der Waals surface area (Å²) >= 11 is 0. The number of ether oxygens (including phenoxy) is 2. The first-order valence-electron chi connectivity index (χ1n) is 7.28. The van der Waals surface area contributed by atoms with Gasteiger partial charge in [0, 0.05) is 11.3 Å². The van der Waals surface area contributed by atoms with Crippen molar-refractivity contribution in [3.63, 3.8) is 0 Å². The van der Waals surface area contributed by atoms with Crippen LogP contribution in [-0.2, 0) is 19.1 Å². The largest absolute Gasteiger partial charge is 0.481 e. The Morgan fingerprint density at radius 3 is 3.05 bits per heavy atom. The average molecular weight is 276 g/mol. The minimum absolute atomic E-state index is 0.00910. The molecule has 2 saturated heterocycles. The van der Waals surface area contributed by atoms with Gasteiger partial charge in [0.05, 0.1) is 18.6 Å². The van der Waals surface area contributed by atoms with Crippen molar-refractivity contribution >= 4 is 11.9 Å². The fourth-order valence-electron chi connectivity index (χ4n) is 6.30. The Balaban J connectivity index is 1.80. The Bertz CT molecular complexity index is 595. The zero-order valence-electron chi connectivity index (χ0n) is 11.2. The van der Waals surface area contributed by atoms with E-state index in [1.165, 1.54) is 0 Å². The molecule has 3 aliphatic heterocycles. The number of aliphatic carboxylic acids is 1. The molecule has 3 heterocycles. The van der Waals surface area contributed by atoms with Gasteiger partial charge < -0.3 is 14.6 Å². The van der Waals surface area contributed by atoms with Gasteiger partial charge in [-0.1, -0.05) is 6.08 Å². The average Bonchev–Trinajstić information content (AvgIpc) is 3.05. The lowest BCUT2D eigenvalue weighted by atomic mass is 9.50. The first-order valence-corrected chi connectivity index (χ1v) is 7.28. The van der Waals surface area contributed by atoms with Crippen molar-refractivity contribution in [2.75, 3.05) is 0 Å². The number of carbonyl (C=O) groups excluding carboxylic acids is 1. The Morgan fingerprint density at radius 2 is 2.30 bits per heavy atom. The fraction of sp³-hybridized carbons (Fsp3) is 0.733. The first-order chi connectivity index (χ1) is 9.51. The Hall–Kier alpha value is -1.36. The molecule has 1 N–H and O–H groups in total. The second-order valence-electron chi connectivity index (χ2n) is 7.05. The molecule has 7 atom stereocenters. The summed E-state index contributed by atoms with van der Waals surface area (Å²) < 4.78 is 11.7. The lowest BCUT2D eigenvalue weighted by Gasteiger charge is -2.46. The van der Waals surface area contributed by atoms with Crippen LogP contribution < -0.4 is 0 Å². The maximum absolute atomic E-state index is 12.7. The van der Waals surface area contributed by atoms with Crippen LogP contribution in [0.4, 0.5) is 0 Å². The minimum atomic E-state index is -0.838. The first kappa shape index (κ1) is 11.3. The maximum atomic E-state index is 12.7. The quantitative estimate of drug-likeness (QED) is 0.604. The highest BCUT2D eigenvalue weighted by molar-refractivity contribution is 5.87. The number of carboxylic acid groups (broad SMARTS) is 1. The zero-order valence-corrected chi connectivity index (χ0v) is 11.2. The highest BCUT2D eigenvalue weighted by Gasteiger charge is 2.87. The summed E-state index contributed by atoms with van der Waals surface area (Å²) in [6.45, 7) is 1.98. The monoisotopic (exact) mass is 276 g/mol. The van der Waals surface area contributed by atoms with Crippen molar-refractivity contribution in [2.45, 2.75) is 44.5 Å². The molecule has 2 aliphatic carbocycles. The van der Waals surface area contributed by atoms with Crippen LogP contribution in [-0.4, -0.2) is 35.4 Å². The van der Waals surface area contributed by atoms with Crippen molar-refractivity contribution in [1.82, 2.24) is 0 Å². The molecule has 0 amide bonds. The maximum Gasteiger partial charge on any atom is 0.316 e. The van der Waals surface area contributed by atoms with Gasteiger partial charge in [-0.3, -0.25) is 9.59 Å². The molecule has 5 aliphatic rings. The summed E-state index contributed by atoms with van der Waals surface area (Å²) in [5.41, 5.74) is -0.221. The number of carbonyl (C=O) groups is 2. The molecule has 5 heteroatoms. The highest BCUT2D eigenvalue weighted by atomic mass is 16.6. The van der Waals surface area contributed by atoms with Gasteiger partial charge in [-0.15, -0.1) is 0 Å². The normalized spacial score (nSPS) is 57.0. The molecule has 7 unspecified atom stereocenters. The standard InChI is InChI=1S/C15H16O5/c1-6-2-10-14(5-11(16)17)7-3-8-9(4-7)19-13(18)15(8,14)12(6)20-10/h2,7-10,12H,3-5H2,1H3,(H,16,17). The smallest absolute Gasteiger partial charge is 0.316 e. The minimum Gasteiger partial charge on any atom is -0.481 e. The molecule has 20 heavy (non-hydrogen) atoms. The van der Waals surface area contributed by atoms with E-state index in [1.807, 2.05) is 13.0 Å². The van der Waals surface area contributed by atoms with E-state index in [1.54, 1.807) is 0 Å². The zero-order chi connectivity index (χ0) is 13.9. The van der Waals surface area contributed by atoms with Crippen LogP contribution in [0.15, 0.2) is 11.6 Å². The van der Waals surface area contributed by atoms with Crippen LogP contribution >= 0.6 is 0 Å². The van der Waals surface area contributed by atoms with Crippen LogP contribution in [0.5, 0.6) is 0 Å².